The number of hydrogen-bond donors (Lipinski definition) is 0. The third kappa shape index (κ3) is 2.99. The predicted octanol–water partition coefficient (Wildman–Crippen LogP) is 1.88. The molecule has 0 saturated heterocycles. The van der Waals surface area contributed by atoms with E-state index in [1.54, 1.807) is 0 Å². The fourth-order valence-corrected chi connectivity index (χ4v) is 1.59. The number of rotatable bonds is 4. The lowest BCUT2D eigenvalue weighted by Crippen LogP contribution is -1.92. The molecule has 0 radical (unpaired) electrons. The van der Waals surface area contributed by atoms with Crippen molar-refractivity contribution in [3.63, 3.8) is 0 Å². The van der Waals surface area contributed by atoms with Crippen LogP contribution in [-0.2, 0) is 13.6 Å². The lowest BCUT2D eigenvalue weighted by atomic mass is 10.6. The van der Waals surface area contributed by atoms with Gasteiger partial charge in [0.05, 0.1) is 0 Å². The van der Waals surface area contributed by atoms with Crippen molar-refractivity contribution >= 4 is 7.60 Å². The molecule has 0 aromatic heterocycles. The van der Waals surface area contributed by atoms with Crippen LogP contribution in [0.1, 0.15) is 13.3 Å². The molecule has 0 unspecified atom stereocenters. The van der Waals surface area contributed by atoms with E-state index in [1.807, 2.05) is 6.92 Å². The van der Waals surface area contributed by atoms with Gasteiger partial charge in [-0.25, -0.2) is 0 Å². The third-order valence-electron chi connectivity index (χ3n) is 1.05. The first-order valence-electron chi connectivity index (χ1n) is 2.89. The third-order valence-corrected chi connectivity index (χ3v) is 3.16. The molecule has 9 heavy (non-hydrogen) atoms. The zero-order chi connectivity index (χ0) is 7.33. The Morgan fingerprint density at radius 3 is 1.89 bits per heavy atom. The van der Waals surface area contributed by atoms with Gasteiger partial charge in [0, 0.05) is 20.4 Å². The Labute approximate surface area is 55.9 Å². The van der Waals surface area contributed by atoms with Crippen LogP contribution in [0.5, 0.6) is 0 Å². The molecule has 56 valence electrons. The molecule has 0 saturated carbocycles. The summed E-state index contributed by atoms with van der Waals surface area (Å²) in [5, 5.41) is 0. The smallest absolute Gasteiger partial charge is 0.312 e. The van der Waals surface area contributed by atoms with Gasteiger partial charge >= 0.3 is 7.60 Å². The normalized spacial score (nSPS) is 11.9. The molecule has 0 aliphatic heterocycles. The summed E-state index contributed by atoms with van der Waals surface area (Å²) in [5.41, 5.74) is 0. The SMILES string of the molecule is CCCP(=O)(OC)OC. The molecule has 3 nitrogen and oxygen atoms in total. The molecule has 0 atom stereocenters. The molecule has 0 bridgehead atoms. The van der Waals surface area contributed by atoms with Crippen LogP contribution in [0.4, 0.5) is 0 Å². The zero-order valence-electron chi connectivity index (χ0n) is 6.09. The van der Waals surface area contributed by atoms with E-state index < -0.39 is 7.60 Å². The summed E-state index contributed by atoms with van der Waals surface area (Å²) in [6.07, 6.45) is 1.32. The van der Waals surface area contributed by atoms with Crippen molar-refractivity contribution in [1.29, 1.82) is 0 Å². The van der Waals surface area contributed by atoms with Gasteiger partial charge in [0.2, 0.25) is 0 Å². The summed E-state index contributed by atoms with van der Waals surface area (Å²) >= 11 is 0. The molecular formula is C5H13O3P. The van der Waals surface area contributed by atoms with Crippen molar-refractivity contribution in [2.45, 2.75) is 13.3 Å². The quantitative estimate of drug-likeness (QED) is 0.577. The average molecular weight is 152 g/mol. The highest BCUT2D eigenvalue weighted by atomic mass is 31.2. The fraction of sp³-hybridized carbons (Fsp3) is 1.00. The van der Waals surface area contributed by atoms with Crippen LogP contribution in [0.15, 0.2) is 0 Å². The average Bonchev–Trinajstić information content (AvgIpc) is 1.89. The molecular weight excluding hydrogens is 139 g/mol. The Morgan fingerprint density at radius 1 is 1.33 bits per heavy atom. The van der Waals surface area contributed by atoms with Crippen LogP contribution in [0, 0.1) is 0 Å². The van der Waals surface area contributed by atoms with Crippen LogP contribution >= 0.6 is 7.60 Å². The highest BCUT2D eigenvalue weighted by Crippen LogP contribution is 2.46. The lowest BCUT2D eigenvalue weighted by Gasteiger charge is -2.10. The minimum absolute atomic E-state index is 0.500. The van der Waals surface area contributed by atoms with E-state index in [9.17, 15) is 4.57 Å². The van der Waals surface area contributed by atoms with Crippen molar-refractivity contribution in [2.75, 3.05) is 20.4 Å². The van der Waals surface area contributed by atoms with Gasteiger partial charge in [-0.05, 0) is 6.42 Å². The maximum absolute atomic E-state index is 11.1. The van der Waals surface area contributed by atoms with E-state index in [0.29, 0.717) is 6.16 Å². The van der Waals surface area contributed by atoms with Gasteiger partial charge in [0.25, 0.3) is 0 Å². The number of hydrogen-bond acceptors (Lipinski definition) is 3. The van der Waals surface area contributed by atoms with Gasteiger partial charge in [0.15, 0.2) is 0 Å². The molecule has 0 aliphatic rings. The Morgan fingerprint density at radius 2 is 1.78 bits per heavy atom. The van der Waals surface area contributed by atoms with Crippen LogP contribution in [0.2, 0.25) is 0 Å². The summed E-state index contributed by atoms with van der Waals surface area (Å²) in [4.78, 5) is 0. The van der Waals surface area contributed by atoms with Gasteiger partial charge in [0.1, 0.15) is 0 Å². The Hall–Kier alpha value is 0.150. The molecule has 0 aliphatic carbocycles. The second-order valence-corrected chi connectivity index (χ2v) is 4.10. The Balaban J connectivity index is 3.78. The Kier molecular flexibility index (Phi) is 4.11. The molecule has 0 amide bonds. The fourth-order valence-electron chi connectivity index (χ4n) is 0.531. The first kappa shape index (κ1) is 9.15. The van der Waals surface area contributed by atoms with E-state index in [-0.39, 0.29) is 0 Å². The predicted molar refractivity (Wildman–Crippen MR) is 36.8 cm³/mol. The Bertz CT molecular complexity index is 105. The maximum Gasteiger partial charge on any atom is 0.330 e. The van der Waals surface area contributed by atoms with E-state index in [0.717, 1.165) is 6.42 Å². The topological polar surface area (TPSA) is 35.5 Å². The minimum atomic E-state index is -2.68. The van der Waals surface area contributed by atoms with Crippen molar-refractivity contribution in [3.05, 3.63) is 0 Å². The van der Waals surface area contributed by atoms with Gasteiger partial charge in [-0.1, -0.05) is 6.92 Å². The standard InChI is InChI=1S/C5H13O3P/c1-4-5-9(6,7-2)8-3/h4-5H2,1-3H3. The zero-order valence-corrected chi connectivity index (χ0v) is 6.98. The van der Waals surface area contributed by atoms with Crippen LogP contribution in [0.3, 0.4) is 0 Å². The van der Waals surface area contributed by atoms with Crippen molar-refractivity contribution in [2.24, 2.45) is 0 Å². The van der Waals surface area contributed by atoms with Gasteiger partial charge < -0.3 is 9.05 Å². The van der Waals surface area contributed by atoms with Crippen LogP contribution in [-0.4, -0.2) is 20.4 Å². The van der Waals surface area contributed by atoms with Gasteiger partial charge in [-0.3, -0.25) is 4.57 Å². The largest absolute Gasteiger partial charge is 0.330 e. The summed E-state index contributed by atoms with van der Waals surface area (Å²) in [5.74, 6) is 0. The molecule has 4 heteroatoms. The van der Waals surface area contributed by atoms with Crippen LogP contribution < -0.4 is 0 Å². The van der Waals surface area contributed by atoms with E-state index >= 15 is 0 Å². The maximum atomic E-state index is 11.1. The highest BCUT2D eigenvalue weighted by Gasteiger charge is 2.18. The van der Waals surface area contributed by atoms with E-state index in [1.165, 1.54) is 14.2 Å². The van der Waals surface area contributed by atoms with E-state index in [4.69, 9.17) is 0 Å². The highest BCUT2D eigenvalue weighted by molar-refractivity contribution is 7.53. The van der Waals surface area contributed by atoms with Crippen molar-refractivity contribution in [3.8, 4) is 0 Å². The molecule has 0 N–H and O–H groups in total. The first-order valence-corrected chi connectivity index (χ1v) is 4.62. The van der Waals surface area contributed by atoms with Gasteiger partial charge in [-0.15, -0.1) is 0 Å². The first-order chi connectivity index (χ1) is 4.18. The lowest BCUT2D eigenvalue weighted by molar-refractivity contribution is 0.276. The summed E-state index contributed by atoms with van der Waals surface area (Å²) in [6, 6.07) is 0. The summed E-state index contributed by atoms with van der Waals surface area (Å²) < 4.78 is 20.4. The summed E-state index contributed by atoms with van der Waals surface area (Å²) in [6.45, 7) is 1.94. The van der Waals surface area contributed by atoms with Crippen molar-refractivity contribution < 1.29 is 13.6 Å². The summed E-state index contributed by atoms with van der Waals surface area (Å²) in [7, 11) is 0.124. The van der Waals surface area contributed by atoms with E-state index in [2.05, 4.69) is 9.05 Å². The molecule has 0 fully saturated rings. The minimum Gasteiger partial charge on any atom is -0.312 e. The molecule has 0 heterocycles. The second kappa shape index (κ2) is 4.04. The molecule has 0 spiro atoms. The molecule has 0 aromatic carbocycles. The molecule has 0 rings (SSSR count). The van der Waals surface area contributed by atoms with Gasteiger partial charge in [-0.2, -0.15) is 0 Å². The van der Waals surface area contributed by atoms with Crippen LogP contribution in [0.25, 0.3) is 0 Å². The molecule has 0 aromatic rings. The second-order valence-electron chi connectivity index (χ2n) is 1.70. The van der Waals surface area contributed by atoms with Crippen molar-refractivity contribution in [1.82, 2.24) is 0 Å². The monoisotopic (exact) mass is 152 g/mol.